The van der Waals surface area contributed by atoms with Crippen molar-refractivity contribution in [2.45, 2.75) is 73.6 Å². The summed E-state index contributed by atoms with van der Waals surface area (Å²) in [5, 5.41) is 0. The van der Waals surface area contributed by atoms with Crippen LogP contribution in [-0.2, 0) is 0 Å². The van der Waals surface area contributed by atoms with Crippen LogP contribution in [0.1, 0.15) is 73.6 Å². The maximum atomic E-state index is 2.37. The highest BCUT2D eigenvalue weighted by atomic mass is 14.3. The largest absolute Gasteiger partial charge is 0.0654 e. The summed E-state index contributed by atoms with van der Waals surface area (Å²) in [6, 6.07) is 0. The fourth-order valence-electron chi connectivity index (χ4n) is 2.36. The Morgan fingerprint density at radius 1 is 1.00 bits per heavy atom. The molecule has 0 fully saturated rings. The summed E-state index contributed by atoms with van der Waals surface area (Å²) in [6.45, 7) is 13.9. The van der Waals surface area contributed by atoms with E-state index in [0.29, 0.717) is 5.41 Å². The second kappa shape index (κ2) is 6.48. The number of hydrogen-bond acceptors (Lipinski definition) is 0. The predicted molar refractivity (Wildman–Crippen MR) is 66.3 cm³/mol. The molecule has 1 unspecified atom stereocenters. The molecular weight excluding hydrogens is 168 g/mol. The molecule has 0 nitrogen and oxygen atoms in total. The van der Waals surface area contributed by atoms with Crippen LogP contribution in [0.15, 0.2) is 0 Å². The van der Waals surface area contributed by atoms with Crippen molar-refractivity contribution in [2.24, 2.45) is 11.3 Å². The van der Waals surface area contributed by atoms with E-state index in [4.69, 9.17) is 0 Å². The van der Waals surface area contributed by atoms with Crippen molar-refractivity contribution < 1.29 is 0 Å². The first-order valence-corrected chi connectivity index (χ1v) is 6.19. The van der Waals surface area contributed by atoms with Gasteiger partial charge in [0, 0.05) is 0 Å². The lowest BCUT2D eigenvalue weighted by molar-refractivity contribution is 0.233. The van der Waals surface area contributed by atoms with Gasteiger partial charge in [-0.3, -0.25) is 0 Å². The molecule has 0 aliphatic rings. The molecule has 0 bridgehead atoms. The maximum Gasteiger partial charge on any atom is -0.0267 e. The molecule has 0 aliphatic carbocycles. The zero-order valence-corrected chi connectivity index (χ0v) is 11.1. The minimum atomic E-state index is 0.449. The molecule has 0 saturated carbocycles. The zero-order valence-electron chi connectivity index (χ0n) is 11.1. The van der Waals surface area contributed by atoms with E-state index in [0.717, 1.165) is 5.92 Å². The zero-order chi connectivity index (χ0) is 11.2. The van der Waals surface area contributed by atoms with E-state index < -0.39 is 0 Å². The van der Waals surface area contributed by atoms with Gasteiger partial charge in [-0.15, -0.1) is 0 Å². The molecule has 1 atom stereocenters. The fraction of sp³-hybridized carbons (Fsp3) is 0.929. The first-order valence-electron chi connectivity index (χ1n) is 6.19. The third kappa shape index (κ3) is 5.67. The van der Waals surface area contributed by atoms with Gasteiger partial charge in [0.25, 0.3) is 0 Å². The summed E-state index contributed by atoms with van der Waals surface area (Å²) >= 11 is 0. The van der Waals surface area contributed by atoms with E-state index in [-0.39, 0.29) is 0 Å². The van der Waals surface area contributed by atoms with Crippen LogP contribution in [0.2, 0.25) is 0 Å². The molecule has 1 radical (unpaired) electrons. The van der Waals surface area contributed by atoms with Gasteiger partial charge in [-0.05, 0) is 23.7 Å². The van der Waals surface area contributed by atoms with E-state index in [1.54, 1.807) is 5.92 Å². The maximum absolute atomic E-state index is 2.37. The summed E-state index contributed by atoms with van der Waals surface area (Å²) in [6.07, 6.45) is 6.94. The minimum absolute atomic E-state index is 0.449. The first-order chi connectivity index (χ1) is 6.39. The molecule has 0 heteroatoms. The third-order valence-electron chi connectivity index (χ3n) is 3.09. The summed E-state index contributed by atoms with van der Waals surface area (Å²) in [7, 11) is 0. The van der Waals surface area contributed by atoms with Crippen molar-refractivity contribution in [3.8, 4) is 0 Å². The first kappa shape index (κ1) is 14.0. The molecular formula is C14H29. The Hall–Kier alpha value is 0. The molecule has 0 rings (SSSR count). The average molecular weight is 197 g/mol. The van der Waals surface area contributed by atoms with E-state index in [1.807, 2.05) is 0 Å². The van der Waals surface area contributed by atoms with Crippen molar-refractivity contribution in [1.29, 1.82) is 0 Å². The van der Waals surface area contributed by atoms with Gasteiger partial charge in [0.1, 0.15) is 0 Å². The molecule has 85 valence electrons. The van der Waals surface area contributed by atoms with Crippen LogP contribution in [0.25, 0.3) is 0 Å². The molecule has 0 aromatic rings. The molecule has 0 N–H and O–H groups in total. The second-order valence-electron chi connectivity index (χ2n) is 5.85. The van der Waals surface area contributed by atoms with Gasteiger partial charge < -0.3 is 0 Å². The summed E-state index contributed by atoms with van der Waals surface area (Å²) < 4.78 is 0. The second-order valence-corrected chi connectivity index (χ2v) is 5.85. The number of unbranched alkanes of at least 4 members (excludes halogenated alkanes) is 3. The quantitative estimate of drug-likeness (QED) is 0.511. The Morgan fingerprint density at radius 2 is 1.57 bits per heavy atom. The Labute approximate surface area is 91.5 Å². The highest BCUT2D eigenvalue weighted by Crippen LogP contribution is 2.36. The van der Waals surface area contributed by atoms with Crippen molar-refractivity contribution in [2.75, 3.05) is 0 Å². The molecule has 0 saturated heterocycles. The van der Waals surface area contributed by atoms with Gasteiger partial charge in [0.15, 0.2) is 0 Å². The standard InChI is InChI=1S/C14H29/c1-7-8-9-10-11-13(12(2)3)14(4,5)6/h13H,7-11H2,1-6H3. The topological polar surface area (TPSA) is 0 Å². The van der Waals surface area contributed by atoms with Crippen LogP contribution in [0, 0.1) is 17.3 Å². The number of rotatable bonds is 6. The van der Waals surface area contributed by atoms with Crippen molar-refractivity contribution >= 4 is 0 Å². The SMILES string of the molecule is CCCCCCC([C](C)C)C(C)(C)C. The predicted octanol–water partition coefficient (Wildman–Crippen LogP) is 5.23. The smallest absolute Gasteiger partial charge is 0.0267 e. The molecule has 0 aromatic carbocycles. The van der Waals surface area contributed by atoms with Gasteiger partial charge in [-0.25, -0.2) is 0 Å². The fourth-order valence-corrected chi connectivity index (χ4v) is 2.36. The molecule has 0 aromatic heterocycles. The van der Waals surface area contributed by atoms with Gasteiger partial charge in [0.2, 0.25) is 0 Å². The minimum Gasteiger partial charge on any atom is -0.0654 e. The monoisotopic (exact) mass is 197 g/mol. The molecule has 0 spiro atoms. The van der Waals surface area contributed by atoms with E-state index in [1.165, 1.54) is 32.1 Å². The van der Waals surface area contributed by atoms with Gasteiger partial charge in [-0.2, -0.15) is 0 Å². The van der Waals surface area contributed by atoms with Gasteiger partial charge in [-0.1, -0.05) is 67.2 Å². The molecule has 0 aliphatic heterocycles. The average Bonchev–Trinajstić information content (AvgIpc) is 2.01. The Balaban J connectivity index is 3.87. The Kier molecular flexibility index (Phi) is 6.48. The number of hydrogen-bond donors (Lipinski definition) is 0. The van der Waals surface area contributed by atoms with Gasteiger partial charge in [0.05, 0.1) is 0 Å². The Bertz CT molecular complexity index is 127. The molecule has 0 amide bonds. The molecule has 14 heavy (non-hydrogen) atoms. The summed E-state index contributed by atoms with van der Waals surface area (Å²) in [5.41, 5.74) is 0.449. The van der Waals surface area contributed by atoms with Gasteiger partial charge >= 0.3 is 0 Å². The van der Waals surface area contributed by atoms with Crippen LogP contribution in [0.3, 0.4) is 0 Å². The van der Waals surface area contributed by atoms with Crippen LogP contribution in [0.5, 0.6) is 0 Å². The van der Waals surface area contributed by atoms with E-state index in [9.17, 15) is 0 Å². The van der Waals surface area contributed by atoms with E-state index in [2.05, 4.69) is 41.5 Å². The van der Waals surface area contributed by atoms with Crippen LogP contribution in [0.4, 0.5) is 0 Å². The lowest BCUT2D eigenvalue weighted by Gasteiger charge is -2.33. The van der Waals surface area contributed by atoms with E-state index >= 15 is 0 Å². The summed E-state index contributed by atoms with van der Waals surface area (Å²) in [4.78, 5) is 0. The highest BCUT2D eigenvalue weighted by molar-refractivity contribution is 4.93. The van der Waals surface area contributed by atoms with Crippen LogP contribution in [-0.4, -0.2) is 0 Å². The highest BCUT2D eigenvalue weighted by Gasteiger charge is 2.26. The Morgan fingerprint density at radius 3 is 1.93 bits per heavy atom. The van der Waals surface area contributed by atoms with Crippen molar-refractivity contribution in [3.05, 3.63) is 5.92 Å². The lowest BCUT2D eigenvalue weighted by atomic mass is 9.72. The normalized spacial score (nSPS) is 14.8. The third-order valence-corrected chi connectivity index (χ3v) is 3.09. The van der Waals surface area contributed by atoms with Crippen LogP contribution >= 0.6 is 0 Å². The lowest BCUT2D eigenvalue weighted by Crippen LogP contribution is -2.24. The van der Waals surface area contributed by atoms with Crippen LogP contribution < -0.4 is 0 Å². The van der Waals surface area contributed by atoms with Crippen molar-refractivity contribution in [3.63, 3.8) is 0 Å². The summed E-state index contributed by atoms with van der Waals surface area (Å²) in [5.74, 6) is 2.41. The molecule has 0 heterocycles. The van der Waals surface area contributed by atoms with Crippen molar-refractivity contribution in [1.82, 2.24) is 0 Å².